The van der Waals surface area contributed by atoms with Gasteiger partial charge >= 0.3 is 18.0 Å². The largest absolute Gasteiger partial charge is 0.480 e. The van der Waals surface area contributed by atoms with E-state index in [1.807, 2.05) is 0 Å². The lowest BCUT2D eigenvalue weighted by Gasteiger charge is -2.07. The predicted octanol–water partition coefficient (Wildman–Crippen LogP) is -1.44. The minimum absolute atomic E-state index is 0.222. The van der Waals surface area contributed by atoms with Crippen molar-refractivity contribution in [2.45, 2.75) is 18.9 Å². The van der Waals surface area contributed by atoms with E-state index in [1.54, 1.807) is 5.32 Å². The topological polar surface area (TPSA) is 148 Å². The van der Waals surface area contributed by atoms with Gasteiger partial charge in [-0.3, -0.25) is 10.1 Å². The molecule has 15 heavy (non-hydrogen) atoms. The van der Waals surface area contributed by atoms with E-state index in [-0.39, 0.29) is 13.0 Å². The molecular formula is C7H14N4O4. The number of carboxylic acids is 1. The predicted molar refractivity (Wildman–Crippen MR) is 51.0 cm³/mol. The summed E-state index contributed by atoms with van der Waals surface area (Å²) in [5.74, 6) is -1.09. The molecule has 0 aliphatic rings. The molecule has 4 amide bonds. The van der Waals surface area contributed by atoms with Crippen LogP contribution in [-0.4, -0.2) is 35.7 Å². The van der Waals surface area contributed by atoms with Gasteiger partial charge in [-0.1, -0.05) is 0 Å². The molecule has 0 aliphatic carbocycles. The number of carboxylic acid groups (broad SMARTS) is 1. The van der Waals surface area contributed by atoms with Crippen molar-refractivity contribution >= 4 is 18.0 Å². The molecule has 86 valence electrons. The number of imide groups is 1. The van der Waals surface area contributed by atoms with E-state index in [2.05, 4.69) is 11.1 Å². The third kappa shape index (κ3) is 7.26. The van der Waals surface area contributed by atoms with Crippen LogP contribution >= 0.6 is 0 Å². The highest BCUT2D eigenvalue weighted by atomic mass is 16.4. The fourth-order valence-corrected chi connectivity index (χ4v) is 0.803. The third-order valence-corrected chi connectivity index (χ3v) is 1.53. The first kappa shape index (κ1) is 13.2. The molecule has 0 saturated carbocycles. The summed E-state index contributed by atoms with van der Waals surface area (Å²) >= 11 is 0. The Morgan fingerprint density at radius 2 is 1.93 bits per heavy atom. The number of nitrogens with two attached hydrogens (primary N) is 2. The molecule has 7 N–H and O–H groups in total. The van der Waals surface area contributed by atoms with Crippen molar-refractivity contribution in [3.8, 4) is 0 Å². The van der Waals surface area contributed by atoms with Gasteiger partial charge in [0.2, 0.25) is 0 Å². The lowest BCUT2D eigenvalue weighted by atomic mass is 10.2. The second kappa shape index (κ2) is 6.60. The molecule has 0 heterocycles. The van der Waals surface area contributed by atoms with Gasteiger partial charge in [0.15, 0.2) is 0 Å². The Labute approximate surface area is 86.0 Å². The Morgan fingerprint density at radius 1 is 1.33 bits per heavy atom. The summed E-state index contributed by atoms with van der Waals surface area (Å²) in [4.78, 5) is 31.2. The number of nitrogens with one attached hydrogen (secondary N) is 2. The van der Waals surface area contributed by atoms with Crippen LogP contribution in [0.25, 0.3) is 0 Å². The number of rotatable bonds is 5. The molecule has 0 aliphatic heterocycles. The highest BCUT2D eigenvalue weighted by molar-refractivity contribution is 5.92. The Balaban J connectivity index is 3.50. The Hall–Kier alpha value is -1.83. The van der Waals surface area contributed by atoms with Gasteiger partial charge in [-0.25, -0.2) is 9.59 Å². The quantitative estimate of drug-likeness (QED) is 0.358. The first-order valence-corrected chi connectivity index (χ1v) is 4.26. The monoisotopic (exact) mass is 218 g/mol. The van der Waals surface area contributed by atoms with Crippen molar-refractivity contribution in [1.82, 2.24) is 10.6 Å². The Bertz CT molecular complexity index is 255. The highest BCUT2D eigenvalue weighted by Crippen LogP contribution is 1.92. The number of hydrogen-bond acceptors (Lipinski definition) is 4. The summed E-state index contributed by atoms with van der Waals surface area (Å²) in [6.45, 7) is 0.222. The van der Waals surface area contributed by atoms with Crippen LogP contribution in [0.1, 0.15) is 12.8 Å². The van der Waals surface area contributed by atoms with Crippen LogP contribution in [-0.2, 0) is 4.79 Å². The zero-order valence-electron chi connectivity index (χ0n) is 8.03. The van der Waals surface area contributed by atoms with E-state index in [4.69, 9.17) is 10.8 Å². The van der Waals surface area contributed by atoms with Crippen molar-refractivity contribution in [2.75, 3.05) is 6.54 Å². The maximum absolute atomic E-state index is 10.8. The lowest BCUT2D eigenvalue weighted by molar-refractivity contribution is -0.138. The number of amides is 4. The van der Waals surface area contributed by atoms with Crippen molar-refractivity contribution in [2.24, 2.45) is 11.5 Å². The standard InChI is InChI=1S/C7H14N4O4/c8-4(5(12)13)2-1-3-10-7(15)11-6(9)14/h4H,1-3,8H2,(H,12,13)(H4,9,10,11,14,15). The fraction of sp³-hybridized carbons (Fsp3) is 0.571. The summed E-state index contributed by atoms with van der Waals surface area (Å²) in [6.07, 6.45) is 0.645. The van der Waals surface area contributed by atoms with E-state index in [0.29, 0.717) is 6.42 Å². The van der Waals surface area contributed by atoms with E-state index in [0.717, 1.165) is 0 Å². The molecule has 0 spiro atoms. The van der Waals surface area contributed by atoms with Gasteiger partial charge < -0.3 is 21.9 Å². The van der Waals surface area contributed by atoms with Crippen LogP contribution in [0.2, 0.25) is 0 Å². The zero-order valence-corrected chi connectivity index (χ0v) is 8.03. The van der Waals surface area contributed by atoms with Gasteiger partial charge in [-0.2, -0.15) is 0 Å². The average Bonchev–Trinajstić information content (AvgIpc) is 2.10. The van der Waals surface area contributed by atoms with Crippen LogP contribution in [0.4, 0.5) is 9.59 Å². The normalized spacial score (nSPS) is 11.5. The smallest absolute Gasteiger partial charge is 0.322 e. The van der Waals surface area contributed by atoms with Crippen molar-refractivity contribution in [3.63, 3.8) is 0 Å². The molecule has 1 unspecified atom stereocenters. The molecule has 0 bridgehead atoms. The molecule has 0 fully saturated rings. The number of aliphatic carboxylic acids is 1. The first-order valence-electron chi connectivity index (χ1n) is 4.26. The Kier molecular flexibility index (Phi) is 5.79. The average molecular weight is 218 g/mol. The molecule has 0 aromatic heterocycles. The van der Waals surface area contributed by atoms with Gasteiger partial charge in [0.05, 0.1) is 0 Å². The van der Waals surface area contributed by atoms with Crippen LogP contribution in [0.5, 0.6) is 0 Å². The molecule has 0 aromatic rings. The van der Waals surface area contributed by atoms with Crippen LogP contribution in [0, 0.1) is 0 Å². The molecule has 8 nitrogen and oxygen atoms in total. The maximum atomic E-state index is 10.8. The van der Waals surface area contributed by atoms with Gasteiger partial charge in [-0.05, 0) is 12.8 Å². The first-order chi connectivity index (χ1) is 6.93. The number of carbonyl (C=O) groups excluding carboxylic acids is 2. The lowest BCUT2D eigenvalue weighted by Crippen LogP contribution is -2.42. The zero-order chi connectivity index (χ0) is 11.8. The molecule has 0 aromatic carbocycles. The van der Waals surface area contributed by atoms with E-state index in [9.17, 15) is 14.4 Å². The van der Waals surface area contributed by atoms with Crippen LogP contribution in [0.3, 0.4) is 0 Å². The fourth-order valence-electron chi connectivity index (χ4n) is 0.803. The number of carbonyl (C=O) groups is 3. The minimum atomic E-state index is -1.09. The SMILES string of the molecule is NC(=O)NC(=O)NCCCC(N)C(=O)O. The summed E-state index contributed by atoms with van der Waals surface area (Å²) in [7, 11) is 0. The Morgan fingerprint density at radius 3 is 2.40 bits per heavy atom. The second-order valence-corrected chi connectivity index (χ2v) is 2.83. The molecule has 1 atom stereocenters. The van der Waals surface area contributed by atoms with Crippen molar-refractivity contribution in [3.05, 3.63) is 0 Å². The van der Waals surface area contributed by atoms with Crippen molar-refractivity contribution in [1.29, 1.82) is 0 Å². The van der Waals surface area contributed by atoms with Gasteiger partial charge in [0, 0.05) is 6.54 Å². The van der Waals surface area contributed by atoms with E-state index in [1.165, 1.54) is 0 Å². The number of primary amides is 1. The third-order valence-electron chi connectivity index (χ3n) is 1.53. The van der Waals surface area contributed by atoms with E-state index < -0.39 is 24.1 Å². The maximum Gasteiger partial charge on any atom is 0.322 e. The molecular weight excluding hydrogens is 204 g/mol. The summed E-state index contributed by atoms with van der Waals surface area (Å²) in [5.41, 5.74) is 9.89. The molecule has 0 rings (SSSR count). The van der Waals surface area contributed by atoms with Gasteiger partial charge in [0.25, 0.3) is 0 Å². The number of urea groups is 2. The van der Waals surface area contributed by atoms with Crippen LogP contribution in [0.15, 0.2) is 0 Å². The van der Waals surface area contributed by atoms with Crippen LogP contribution < -0.4 is 22.1 Å². The summed E-state index contributed by atoms with van der Waals surface area (Å²) in [5, 5.41) is 12.5. The highest BCUT2D eigenvalue weighted by Gasteiger charge is 2.10. The second-order valence-electron chi connectivity index (χ2n) is 2.83. The van der Waals surface area contributed by atoms with Gasteiger partial charge in [-0.15, -0.1) is 0 Å². The van der Waals surface area contributed by atoms with Crippen molar-refractivity contribution < 1.29 is 19.5 Å². The minimum Gasteiger partial charge on any atom is -0.480 e. The molecule has 0 radical (unpaired) electrons. The summed E-state index contributed by atoms with van der Waals surface area (Å²) < 4.78 is 0. The molecule has 0 saturated heterocycles. The molecule has 8 heteroatoms. The number of hydrogen-bond donors (Lipinski definition) is 5. The summed E-state index contributed by atoms with van der Waals surface area (Å²) in [6, 6.07) is -2.60. The van der Waals surface area contributed by atoms with E-state index >= 15 is 0 Å². The van der Waals surface area contributed by atoms with Gasteiger partial charge in [0.1, 0.15) is 6.04 Å².